The Morgan fingerprint density at radius 3 is 3.00 bits per heavy atom. The Hall–Kier alpha value is -2.83. The Balaban J connectivity index is 1.95. The van der Waals surface area contributed by atoms with Crippen molar-refractivity contribution in [2.45, 2.75) is 12.8 Å². The van der Waals surface area contributed by atoms with Gasteiger partial charge < -0.3 is 19.3 Å². The highest BCUT2D eigenvalue weighted by atomic mass is 16.5. The number of aromatic nitrogens is 1. The van der Waals surface area contributed by atoms with Crippen LogP contribution in [0.5, 0.6) is 5.75 Å². The summed E-state index contributed by atoms with van der Waals surface area (Å²) in [5, 5.41) is 2.67. The van der Waals surface area contributed by atoms with Crippen molar-refractivity contribution in [3.8, 4) is 11.4 Å². The van der Waals surface area contributed by atoms with Gasteiger partial charge in [0, 0.05) is 12.8 Å². The first-order chi connectivity index (χ1) is 10.2. The minimum Gasteiger partial charge on any atom is -0.482 e. The molecule has 1 aliphatic heterocycles. The Morgan fingerprint density at radius 1 is 1.33 bits per heavy atom. The zero-order chi connectivity index (χ0) is 14.8. The lowest BCUT2D eigenvalue weighted by atomic mass is 10.2. The first-order valence-corrected chi connectivity index (χ1v) is 6.39. The quantitative estimate of drug-likeness (QED) is 0.844. The Bertz CT molecular complexity index is 759. The first kappa shape index (κ1) is 13.2. The SMILES string of the molecule is O=CCCc1cn(-c2ccc3c(c2)NC(=O)CO3)c(=O)o1. The van der Waals surface area contributed by atoms with Crippen LogP contribution in [0.1, 0.15) is 12.2 Å². The van der Waals surface area contributed by atoms with E-state index in [4.69, 9.17) is 9.15 Å². The van der Waals surface area contributed by atoms with E-state index in [0.717, 1.165) is 6.29 Å². The molecule has 0 saturated heterocycles. The number of nitrogens with one attached hydrogen (secondary N) is 1. The molecule has 1 amide bonds. The normalized spacial score (nSPS) is 13.2. The molecule has 3 rings (SSSR count). The van der Waals surface area contributed by atoms with Gasteiger partial charge in [-0.2, -0.15) is 0 Å². The number of carbonyl (C=O) groups is 2. The van der Waals surface area contributed by atoms with E-state index in [1.165, 1.54) is 4.57 Å². The third-order valence-corrected chi connectivity index (χ3v) is 3.07. The minimum atomic E-state index is -0.543. The fraction of sp³-hybridized carbons (Fsp3) is 0.214. The van der Waals surface area contributed by atoms with E-state index in [1.807, 2.05) is 0 Å². The van der Waals surface area contributed by atoms with Gasteiger partial charge in [-0.1, -0.05) is 0 Å². The summed E-state index contributed by atoms with van der Waals surface area (Å²) in [7, 11) is 0. The lowest BCUT2D eigenvalue weighted by Gasteiger charge is -2.18. The molecule has 0 atom stereocenters. The highest BCUT2D eigenvalue weighted by Gasteiger charge is 2.17. The number of hydrogen-bond acceptors (Lipinski definition) is 5. The molecule has 1 aromatic heterocycles. The highest BCUT2D eigenvalue weighted by molar-refractivity contribution is 5.95. The van der Waals surface area contributed by atoms with Crippen molar-refractivity contribution in [1.82, 2.24) is 4.57 Å². The predicted octanol–water partition coefficient (Wildman–Crippen LogP) is 0.893. The van der Waals surface area contributed by atoms with Gasteiger partial charge in [0.25, 0.3) is 5.91 Å². The Labute approximate surface area is 119 Å². The summed E-state index contributed by atoms with van der Waals surface area (Å²) in [6.45, 7) is -0.0200. The monoisotopic (exact) mass is 288 g/mol. The van der Waals surface area contributed by atoms with Crippen LogP contribution in [0.3, 0.4) is 0 Å². The van der Waals surface area contributed by atoms with Crippen molar-refractivity contribution >= 4 is 17.9 Å². The largest absolute Gasteiger partial charge is 0.482 e. The van der Waals surface area contributed by atoms with Crippen LogP contribution in [-0.4, -0.2) is 23.4 Å². The molecular weight excluding hydrogens is 276 g/mol. The maximum atomic E-state index is 11.8. The molecule has 0 saturated carbocycles. The molecule has 21 heavy (non-hydrogen) atoms. The number of benzene rings is 1. The molecule has 0 bridgehead atoms. The van der Waals surface area contributed by atoms with Crippen LogP contribution >= 0.6 is 0 Å². The number of hydrogen-bond donors (Lipinski definition) is 1. The third-order valence-electron chi connectivity index (χ3n) is 3.07. The zero-order valence-electron chi connectivity index (χ0n) is 11.0. The number of fused-ring (bicyclic) bond motifs is 1. The molecule has 0 radical (unpaired) electrons. The van der Waals surface area contributed by atoms with Gasteiger partial charge in [-0.25, -0.2) is 9.36 Å². The average Bonchev–Trinajstić information content (AvgIpc) is 2.85. The first-order valence-electron chi connectivity index (χ1n) is 6.39. The van der Waals surface area contributed by atoms with Gasteiger partial charge in [0.05, 0.1) is 17.6 Å². The van der Waals surface area contributed by atoms with Gasteiger partial charge in [0.2, 0.25) is 0 Å². The van der Waals surface area contributed by atoms with Crippen LogP contribution in [0.25, 0.3) is 5.69 Å². The van der Waals surface area contributed by atoms with Crippen molar-refractivity contribution in [1.29, 1.82) is 0 Å². The topological polar surface area (TPSA) is 90.5 Å². The number of ether oxygens (including phenoxy) is 1. The number of oxazole rings is 1. The lowest BCUT2D eigenvalue weighted by Crippen LogP contribution is -2.25. The maximum Gasteiger partial charge on any atom is 0.423 e. The predicted molar refractivity (Wildman–Crippen MR) is 72.8 cm³/mol. The summed E-state index contributed by atoms with van der Waals surface area (Å²) in [5.41, 5.74) is 1.05. The van der Waals surface area contributed by atoms with Crippen molar-refractivity contribution in [3.63, 3.8) is 0 Å². The molecule has 1 N–H and O–H groups in total. The molecule has 2 heterocycles. The van der Waals surface area contributed by atoms with E-state index in [9.17, 15) is 14.4 Å². The van der Waals surface area contributed by atoms with Gasteiger partial charge in [-0.05, 0) is 18.2 Å². The van der Waals surface area contributed by atoms with Crippen molar-refractivity contribution < 1.29 is 18.7 Å². The van der Waals surface area contributed by atoms with Gasteiger partial charge in [0.1, 0.15) is 17.8 Å². The van der Waals surface area contributed by atoms with Gasteiger partial charge in [-0.15, -0.1) is 0 Å². The number of aryl methyl sites for hydroxylation is 1. The molecule has 7 heteroatoms. The second kappa shape index (κ2) is 5.28. The Kier molecular flexibility index (Phi) is 3.31. The number of anilines is 1. The number of nitrogens with zero attached hydrogens (tertiary/aromatic N) is 1. The zero-order valence-corrected chi connectivity index (χ0v) is 11.0. The van der Waals surface area contributed by atoms with Crippen molar-refractivity contribution in [2.24, 2.45) is 0 Å². The summed E-state index contributed by atoms with van der Waals surface area (Å²) in [6.07, 6.45) is 2.97. The van der Waals surface area contributed by atoms with E-state index in [1.54, 1.807) is 24.4 Å². The van der Waals surface area contributed by atoms with Gasteiger partial charge in [0.15, 0.2) is 6.61 Å². The second-order valence-corrected chi connectivity index (χ2v) is 4.56. The summed E-state index contributed by atoms with van der Waals surface area (Å²) in [4.78, 5) is 33.5. The van der Waals surface area contributed by atoms with Crippen LogP contribution in [0.2, 0.25) is 0 Å². The van der Waals surface area contributed by atoms with E-state index < -0.39 is 5.76 Å². The van der Waals surface area contributed by atoms with Crippen molar-refractivity contribution in [3.05, 3.63) is 40.7 Å². The van der Waals surface area contributed by atoms with Crippen LogP contribution in [0.4, 0.5) is 5.69 Å². The molecule has 2 aromatic rings. The van der Waals surface area contributed by atoms with Crippen molar-refractivity contribution in [2.75, 3.05) is 11.9 Å². The fourth-order valence-electron chi connectivity index (χ4n) is 2.10. The summed E-state index contributed by atoms with van der Waals surface area (Å²) < 4.78 is 11.6. The molecule has 1 aliphatic rings. The Morgan fingerprint density at radius 2 is 2.19 bits per heavy atom. The summed E-state index contributed by atoms with van der Waals surface area (Å²) >= 11 is 0. The van der Waals surface area contributed by atoms with Crippen LogP contribution < -0.4 is 15.8 Å². The third kappa shape index (κ3) is 2.58. The fourth-order valence-corrected chi connectivity index (χ4v) is 2.10. The molecule has 7 nitrogen and oxygen atoms in total. The molecule has 0 unspecified atom stereocenters. The molecule has 0 fully saturated rings. The molecular formula is C14H12N2O5. The van der Waals surface area contributed by atoms with Crippen LogP contribution in [0.15, 0.2) is 33.6 Å². The van der Waals surface area contributed by atoms with Gasteiger partial charge in [-0.3, -0.25) is 4.79 Å². The average molecular weight is 288 g/mol. The lowest BCUT2D eigenvalue weighted by molar-refractivity contribution is -0.118. The number of amides is 1. The van der Waals surface area contributed by atoms with Gasteiger partial charge >= 0.3 is 5.76 Å². The molecule has 0 aliphatic carbocycles. The molecule has 1 aromatic carbocycles. The molecule has 0 spiro atoms. The van der Waals surface area contributed by atoms with E-state index >= 15 is 0 Å². The number of carbonyl (C=O) groups excluding carboxylic acids is 2. The smallest absolute Gasteiger partial charge is 0.423 e. The number of rotatable bonds is 4. The maximum absolute atomic E-state index is 11.8. The highest BCUT2D eigenvalue weighted by Crippen LogP contribution is 2.29. The number of aldehydes is 1. The van der Waals surface area contributed by atoms with Crippen LogP contribution in [-0.2, 0) is 16.0 Å². The van der Waals surface area contributed by atoms with Crippen LogP contribution in [0, 0.1) is 0 Å². The minimum absolute atomic E-state index is 0.0200. The van der Waals surface area contributed by atoms with E-state index in [2.05, 4.69) is 5.32 Å². The standard InChI is InChI=1S/C14H12N2O5/c17-5-1-2-10-7-16(14(19)21-10)9-3-4-12-11(6-9)15-13(18)8-20-12/h3-7H,1-2,8H2,(H,15,18). The second-order valence-electron chi connectivity index (χ2n) is 4.56. The molecule has 108 valence electrons. The summed E-state index contributed by atoms with van der Waals surface area (Å²) in [5.74, 6) is 0.200. The summed E-state index contributed by atoms with van der Waals surface area (Å²) in [6, 6.07) is 5.00. The van der Waals surface area contributed by atoms with E-state index in [0.29, 0.717) is 35.7 Å². The van der Waals surface area contributed by atoms with E-state index in [-0.39, 0.29) is 12.5 Å².